The van der Waals surface area contributed by atoms with Crippen LogP contribution in [0.25, 0.3) is 0 Å². The van der Waals surface area contributed by atoms with Crippen molar-refractivity contribution in [2.75, 3.05) is 0 Å². The molecule has 0 radical (unpaired) electrons. The zero-order valence-electron chi connectivity index (χ0n) is 18.0. The summed E-state index contributed by atoms with van der Waals surface area (Å²) in [6.07, 6.45) is 20.2. The molecule has 7 nitrogen and oxygen atoms in total. The van der Waals surface area contributed by atoms with Crippen LogP contribution in [0.1, 0.15) is 91.8 Å². The molecule has 0 fully saturated rings. The smallest absolute Gasteiger partial charge is 1.00 e. The second kappa shape index (κ2) is 22.3. The first-order chi connectivity index (χ1) is 12.2. The molecule has 5 N–H and O–H groups in total. The molecule has 0 rings (SSSR count). The van der Waals surface area contributed by atoms with Gasteiger partial charge in [-0.2, -0.15) is 8.42 Å². The zero-order chi connectivity index (χ0) is 20.3. The van der Waals surface area contributed by atoms with Crippen LogP contribution in [0, 0.1) is 0 Å². The quantitative estimate of drug-likeness (QED) is 0.137. The fourth-order valence-electron chi connectivity index (χ4n) is 2.38. The molecule has 0 aromatic heterocycles. The van der Waals surface area contributed by atoms with Gasteiger partial charge in [-0.3, -0.25) is 13.9 Å². The van der Waals surface area contributed by atoms with Gasteiger partial charge in [0.2, 0.25) is 0 Å². The summed E-state index contributed by atoms with van der Waals surface area (Å²) in [6, 6.07) is -0.678. The summed E-state index contributed by atoms with van der Waals surface area (Å²) in [6.45, 7) is 2.25. The summed E-state index contributed by atoms with van der Waals surface area (Å²) < 4.78 is 31.6. The van der Waals surface area contributed by atoms with E-state index in [1.54, 1.807) is 0 Å². The third-order valence-electron chi connectivity index (χ3n) is 3.84. The van der Waals surface area contributed by atoms with Crippen molar-refractivity contribution in [1.29, 1.82) is 0 Å². The summed E-state index contributed by atoms with van der Waals surface area (Å²) in [5.41, 5.74) is 5.45. The second-order valence-corrected chi connectivity index (χ2v) is 7.31. The molecule has 0 spiro atoms. The minimum Gasteiger partial charge on any atom is -1.00 e. The van der Waals surface area contributed by atoms with Crippen LogP contribution in [0.2, 0.25) is 0 Å². The Kier molecular flexibility index (Phi) is 26.2. The Labute approximate surface area is 188 Å². The molecule has 0 amide bonds. The molecule has 9 heteroatoms. The van der Waals surface area contributed by atoms with Crippen molar-refractivity contribution < 1.29 is 58.4 Å². The maximum atomic E-state index is 10.5. The van der Waals surface area contributed by atoms with Crippen LogP contribution < -0.4 is 35.3 Å². The monoisotopic (exact) mass is 419 g/mol. The standard InChI is InChI=1S/C18H35NO2.Na.H2O4S.H/c1-2-3-4-5-6-7-8-9-10-11-12-13-14-15-16-17(19)18(20)21;;1-5(2,3)4;/h9-10,17H,2-8,11-16,19H2,1H3,(H,20,21);;(H2,1,2,3,4);/q;+1;;-1/b10-9-;;;. The van der Waals surface area contributed by atoms with Gasteiger partial charge in [0.05, 0.1) is 0 Å². The average Bonchev–Trinajstić information content (AvgIpc) is 2.53. The normalized spacial score (nSPS) is 12.1. The van der Waals surface area contributed by atoms with E-state index in [1.807, 2.05) is 0 Å². The van der Waals surface area contributed by atoms with Crippen molar-refractivity contribution >= 4 is 16.4 Å². The van der Waals surface area contributed by atoms with Crippen LogP contribution in [0.3, 0.4) is 0 Å². The molecule has 0 bridgehead atoms. The van der Waals surface area contributed by atoms with E-state index in [1.165, 1.54) is 57.8 Å². The Hall–Kier alpha value is 0.0400. The molecule has 0 saturated carbocycles. The number of carbonyl (C=O) groups is 1. The maximum Gasteiger partial charge on any atom is 1.00 e. The maximum absolute atomic E-state index is 10.5. The van der Waals surface area contributed by atoms with Gasteiger partial charge in [0.1, 0.15) is 6.04 Å². The Bertz CT molecular complexity index is 455. The number of rotatable bonds is 15. The summed E-state index contributed by atoms with van der Waals surface area (Å²) in [7, 11) is -4.67. The number of hydrogen-bond acceptors (Lipinski definition) is 4. The minimum atomic E-state index is -4.67. The molecule has 0 aromatic rings. The van der Waals surface area contributed by atoms with Crippen molar-refractivity contribution in [3.63, 3.8) is 0 Å². The molecule has 0 saturated heterocycles. The fraction of sp³-hybridized carbons (Fsp3) is 0.833. The van der Waals surface area contributed by atoms with Gasteiger partial charge in [0, 0.05) is 0 Å². The number of aliphatic carboxylic acids is 1. The van der Waals surface area contributed by atoms with Crippen molar-refractivity contribution in [3.05, 3.63) is 12.2 Å². The van der Waals surface area contributed by atoms with Crippen LogP contribution in [0.15, 0.2) is 12.2 Å². The van der Waals surface area contributed by atoms with E-state index in [9.17, 15) is 4.79 Å². The number of allylic oxidation sites excluding steroid dienone is 2. The van der Waals surface area contributed by atoms with E-state index in [0.717, 1.165) is 19.3 Å². The first kappa shape index (κ1) is 31.7. The second-order valence-electron chi connectivity index (χ2n) is 6.41. The molecule has 1 unspecified atom stereocenters. The van der Waals surface area contributed by atoms with E-state index in [4.69, 9.17) is 28.4 Å². The van der Waals surface area contributed by atoms with Gasteiger partial charge in [0.25, 0.3) is 0 Å². The van der Waals surface area contributed by atoms with Gasteiger partial charge in [0.15, 0.2) is 0 Å². The summed E-state index contributed by atoms with van der Waals surface area (Å²) >= 11 is 0. The molecule has 0 aliphatic rings. The molecule has 158 valence electrons. The molecular formula is C18H38NNaO6S. The van der Waals surface area contributed by atoms with Crippen LogP contribution in [0.4, 0.5) is 0 Å². The van der Waals surface area contributed by atoms with Gasteiger partial charge in [-0.25, -0.2) is 0 Å². The predicted molar refractivity (Wildman–Crippen MR) is 106 cm³/mol. The fourth-order valence-corrected chi connectivity index (χ4v) is 2.38. The first-order valence-electron chi connectivity index (χ1n) is 9.51. The minimum absolute atomic E-state index is 0. The van der Waals surface area contributed by atoms with Crippen molar-refractivity contribution in [1.82, 2.24) is 0 Å². The molecule has 27 heavy (non-hydrogen) atoms. The first-order valence-corrected chi connectivity index (χ1v) is 10.9. The molecule has 0 aliphatic carbocycles. The predicted octanol–water partition coefficient (Wildman–Crippen LogP) is 1.51. The summed E-state index contributed by atoms with van der Waals surface area (Å²) in [5.74, 6) is -0.882. The van der Waals surface area contributed by atoms with E-state index in [-0.39, 0.29) is 31.0 Å². The largest absolute Gasteiger partial charge is 1.00 e. The molecule has 0 heterocycles. The van der Waals surface area contributed by atoms with Crippen LogP contribution in [-0.4, -0.2) is 34.6 Å². The van der Waals surface area contributed by atoms with E-state index < -0.39 is 22.4 Å². The Morgan fingerprint density at radius 2 is 1.30 bits per heavy atom. The van der Waals surface area contributed by atoms with E-state index in [2.05, 4.69) is 19.1 Å². The molecular weight excluding hydrogens is 381 g/mol. The SMILES string of the molecule is CCCCCCCC/C=C\CCCCCCC(N)C(=O)O.O=S(=O)(O)O.[H-].[Na+]. The molecule has 0 aliphatic heterocycles. The Balaban J connectivity index is -0.000000364. The number of unbranched alkanes of at least 4 members (excludes halogenated alkanes) is 10. The van der Waals surface area contributed by atoms with Gasteiger partial charge in [-0.1, -0.05) is 70.4 Å². The summed E-state index contributed by atoms with van der Waals surface area (Å²) in [4.78, 5) is 10.5. The van der Waals surface area contributed by atoms with E-state index >= 15 is 0 Å². The van der Waals surface area contributed by atoms with Gasteiger partial charge < -0.3 is 12.3 Å². The van der Waals surface area contributed by atoms with Gasteiger partial charge in [-0.05, 0) is 32.1 Å². The number of carboxylic acids is 1. The third kappa shape index (κ3) is 37.5. The van der Waals surface area contributed by atoms with Crippen molar-refractivity contribution in [2.24, 2.45) is 5.73 Å². The van der Waals surface area contributed by atoms with Crippen LogP contribution >= 0.6 is 0 Å². The molecule has 1 atom stereocenters. The molecule has 0 aromatic carbocycles. The van der Waals surface area contributed by atoms with Crippen molar-refractivity contribution in [2.45, 2.75) is 96.4 Å². The summed E-state index contributed by atoms with van der Waals surface area (Å²) in [5, 5.41) is 8.65. The van der Waals surface area contributed by atoms with Crippen LogP contribution in [-0.2, 0) is 15.2 Å². The van der Waals surface area contributed by atoms with Gasteiger partial charge in [-0.15, -0.1) is 0 Å². The third-order valence-corrected chi connectivity index (χ3v) is 3.84. The Morgan fingerprint density at radius 3 is 1.70 bits per heavy atom. The zero-order valence-corrected chi connectivity index (χ0v) is 19.8. The number of carboxylic acid groups (broad SMARTS) is 1. The number of hydrogen-bond donors (Lipinski definition) is 4. The van der Waals surface area contributed by atoms with Gasteiger partial charge >= 0.3 is 45.9 Å². The van der Waals surface area contributed by atoms with Crippen LogP contribution in [0.5, 0.6) is 0 Å². The average molecular weight is 420 g/mol. The van der Waals surface area contributed by atoms with Crippen molar-refractivity contribution in [3.8, 4) is 0 Å². The Morgan fingerprint density at radius 1 is 0.926 bits per heavy atom. The topological polar surface area (TPSA) is 138 Å². The number of nitrogens with two attached hydrogens (primary N) is 1. The van der Waals surface area contributed by atoms with E-state index in [0.29, 0.717) is 6.42 Å².